The lowest BCUT2D eigenvalue weighted by Gasteiger charge is -2.17. The van der Waals surface area contributed by atoms with Gasteiger partial charge >= 0.3 is 0 Å². The average Bonchev–Trinajstić information content (AvgIpc) is 2.33. The molecule has 2 nitrogen and oxygen atoms in total. The fourth-order valence-electron chi connectivity index (χ4n) is 2.01. The molecule has 0 fully saturated rings. The Morgan fingerprint density at radius 3 is 2.10 bits per heavy atom. The van der Waals surface area contributed by atoms with Gasteiger partial charge in [0.1, 0.15) is 17.5 Å². The first-order valence-corrected chi connectivity index (χ1v) is 6.64. The van der Waals surface area contributed by atoms with Gasteiger partial charge in [-0.1, -0.05) is 15.9 Å². The van der Waals surface area contributed by atoms with Crippen molar-refractivity contribution in [1.82, 2.24) is 5.43 Å². The van der Waals surface area contributed by atoms with E-state index in [-0.39, 0.29) is 0 Å². The van der Waals surface area contributed by atoms with Gasteiger partial charge in [0.2, 0.25) is 0 Å². The van der Waals surface area contributed by atoms with Crippen LogP contribution in [0.1, 0.15) is 17.2 Å². The number of hydrazine groups is 1. The van der Waals surface area contributed by atoms with E-state index >= 15 is 0 Å². The fraction of sp³-hybridized carbons (Fsp3) is 0.143. The lowest BCUT2D eigenvalue weighted by Crippen LogP contribution is -2.29. The van der Waals surface area contributed by atoms with Gasteiger partial charge in [0.25, 0.3) is 0 Å². The summed E-state index contributed by atoms with van der Waals surface area (Å²) in [5, 5.41) is 0. The largest absolute Gasteiger partial charge is 0.271 e. The summed E-state index contributed by atoms with van der Waals surface area (Å²) in [6, 6.07) is 7.07. The van der Waals surface area contributed by atoms with Crippen molar-refractivity contribution in [2.45, 2.75) is 12.5 Å². The molecule has 0 aromatic heterocycles. The molecule has 0 saturated carbocycles. The third-order valence-electron chi connectivity index (χ3n) is 2.85. The van der Waals surface area contributed by atoms with Crippen LogP contribution in [0.25, 0.3) is 0 Å². The Morgan fingerprint density at radius 1 is 0.950 bits per heavy atom. The second-order valence-electron chi connectivity index (χ2n) is 4.40. The van der Waals surface area contributed by atoms with Crippen molar-refractivity contribution >= 4 is 15.9 Å². The highest BCUT2D eigenvalue weighted by atomic mass is 79.9. The van der Waals surface area contributed by atoms with E-state index in [4.69, 9.17) is 5.84 Å². The number of halogens is 4. The van der Waals surface area contributed by atoms with Crippen LogP contribution in [0, 0.1) is 17.5 Å². The minimum absolute atomic E-state index is 0.301. The van der Waals surface area contributed by atoms with Crippen LogP contribution in [0.3, 0.4) is 0 Å². The minimum atomic E-state index is -0.680. The predicted octanol–water partition coefficient (Wildman–Crippen LogP) is 3.61. The van der Waals surface area contributed by atoms with Crippen LogP contribution >= 0.6 is 15.9 Å². The Hall–Kier alpha value is -1.37. The normalized spacial score (nSPS) is 12.4. The van der Waals surface area contributed by atoms with Gasteiger partial charge in [-0.25, -0.2) is 13.2 Å². The second kappa shape index (κ2) is 6.39. The first kappa shape index (κ1) is 15.0. The van der Waals surface area contributed by atoms with E-state index in [9.17, 15) is 13.2 Å². The van der Waals surface area contributed by atoms with Gasteiger partial charge in [-0.3, -0.25) is 11.3 Å². The fourth-order valence-corrected chi connectivity index (χ4v) is 2.53. The van der Waals surface area contributed by atoms with Crippen molar-refractivity contribution < 1.29 is 13.2 Å². The summed E-state index contributed by atoms with van der Waals surface area (Å²) >= 11 is 3.19. The molecular formula is C14H12BrF3N2. The summed E-state index contributed by atoms with van der Waals surface area (Å²) in [5.41, 5.74) is 3.51. The summed E-state index contributed by atoms with van der Waals surface area (Å²) in [7, 11) is 0. The molecule has 0 heterocycles. The number of nitrogens with one attached hydrogen (secondary N) is 1. The molecule has 2 rings (SSSR count). The molecule has 0 spiro atoms. The van der Waals surface area contributed by atoms with Gasteiger partial charge in [0, 0.05) is 10.5 Å². The lowest BCUT2D eigenvalue weighted by molar-refractivity contribution is 0.528. The van der Waals surface area contributed by atoms with Gasteiger partial charge < -0.3 is 0 Å². The molecule has 0 aliphatic carbocycles. The molecule has 0 bridgehead atoms. The average molecular weight is 345 g/mol. The van der Waals surface area contributed by atoms with Crippen LogP contribution in [0.4, 0.5) is 13.2 Å². The van der Waals surface area contributed by atoms with E-state index in [2.05, 4.69) is 21.4 Å². The maximum Gasteiger partial charge on any atom is 0.126 e. The molecule has 0 aliphatic rings. The van der Waals surface area contributed by atoms with Gasteiger partial charge in [0.15, 0.2) is 0 Å². The predicted molar refractivity (Wildman–Crippen MR) is 74.2 cm³/mol. The summed E-state index contributed by atoms with van der Waals surface area (Å²) < 4.78 is 40.3. The lowest BCUT2D eigenvalue weighted by atomic mass is 9.99. The van der Waals surface area contributed by atoms with E-state index in [1.54, 1.807) is 6.07 Å². The molecule has 2 aromatic carbocycles. The Kier molecular flexibility index (Phi) is 4.80. The third-order valence-corrected chi connectivity index (χ3v) is 3.31. The van der Waals surface area contributed by atoms with Gasteiger partial charge in [-0.05, 0) is 47.9 Å². The van der Waals surface area contributed by atoms with Gasteiger partial charge in [-0.15, -0.1) is 0 Å². The van der Waals surface area contributed by atoms with Crippen molar-refractivity contribution in [2.24, 2.45) is 5.84 Å². The Balaban J connectivity index is 2.28. The molecule has 2 aromatic rings. The summed E-state index contributed by atoms with van der Waals surface area (Å²) in [6.45, 7) is 0. The first-order chi connectivity index (χ1) is 9.47. The molecule has 3 N–H and O–H groups in total. The van der Waals surface area contributed by atoms with Crippen LogP contribution in [-0.4, -0.2) is 0 Å². The number of hydrogen-bond acceptors (Lipinski definition) is 2. The zero-order chi connectivity index (χ0) is 14.7. The highest BCUT2D eigenvalue weighted by molar-refractivity contribution is 9.10. The molecular weight excluding hydrogens is 333 g/mol. The van der Waals surface area contributed by atoms with E-state index in [1.807, 2.05) is 0 Å². The monoisotopic (exact) mass is 344 g/mol. The van der Waals surface area contributed by atoms with Crippen molar-refractivity contribution in [3.05, 3.63) is 69.4 Å². The quantitative estimate of drug-likeness (QED) is 0.656. The minimum Gasteiger partial charge on any atom is -0.271 e. The number of nitrogens with two attached hydrogens (primary N) is 1. The molecule has 0 saturated heterocycles. The number of hydrogen-bond donors (Lipinski definition) is 2. The maximum atomic E-state index is 13.3. The highest BCUT2D eigenvalue weighted by Gasteiger charge is 2.14. The Morgan fingerprint density at radius 2 is 1.55 bits per heavy atom. The Bertz CT molecular complexity index is 579. The molecule has 20 heavy (non-hydrogen) atoms. The molecule has 0 radical (unpaired) electrons. The van der Waals surface area contributed by atoms with Crippen molar-refractivity contribution in [2.75, 3.05) is 0 Å². The second-order valence-corrected chi connectivity index (χ2v) is 5.32. The zero-order valence-electron chi connectivity index (χ0n) is 10.3. The van der Waals surface area contributed by atoms with E-state index < -0.39 is 23.5 Å². The summed E-state index contributed by atoms with van der Waals surface area (Å²) in [4.78, 5) is 0. The van der Waals surface area contributed by atoms with Crippen molar-refractivity contribution in [1.29, 1.82) is 0 Å². The SMILES string of the molecule is NNC(Cc1cc(F)cc(Br)c1)c1cc(F)cc(F)c1. The number of rotatable bonds is 4. The van der Waals surface area contributed by atoms with E-state index in [1.165, 1.54) is 24.3 Å². The third kappa shape index (κ3) is 3.82. The molecule has 0 aliphatic heterocycles. The van der Waals surface area contributed by atoms with Gasteiger partial charge in [-0.2, -0.15) is 0 Å². The van der Waals surface area contributed by atoms with E-state index in [0.29, 0.717) is 22.0 Å². The smallest absolute Gasteiger partial charge is 0.126 e. The molecule has 0 amide bonds. The van der Waals surface area contributed by atoms with Crippen molar-refractivity contribution in [3.63, 3.8) is 0 Å². The summed E-state index contributed by atoms with van der Waals surface area (Å²) in [6.07, 6.45) is 0.301. The molecule has 6 heteroatoms. The standard InChI is InChI=1S/C14H12BrF3N2/c15-10-1-8(2-11(16)6-10)3-14(20-19)9-4-12(17)7-13(18)5-9/h1-2,4-7,14,20H,3,19H2. The van der Waals surface area contributed by atoms with E-state index in [0.717, 1.165) is 6.07 Å². The first-order valence-electron chi connectivity index (χ1n) is 5.85. The molecule has 106 valence electrons. The summed E-state index contributed by atoms with van der Waals surface area (Å²) in [5.74, 6) is 3.68. The van der Waals surface area contributed by atoms with Crippen LogP contribution in [0.5, 0.6) is 0 Å². The van der Waals surface area contributed by atoms with Crippen LogP contribution in [-0.2, 0) is 6.42 Å². The van der Waals surface area contributed by atoms with Crippen molar-refractivity contribution in [3.8, 4) is 0 Å². The van der Waals surface area contributed by atoms with Gasteiger partial charge in [0.05, 0.1) is 6.04 Å². The zero-order valence-corrected chi connectivity index (χ0v) is 11.9. The van der Waals surface area contributed by atoms with Crippen LogP contribution in [0.15, 0.2) is 40.9 Å². The van der Waals surface area contributed by atoms with Crippen LogP contribution < -0.4 is 11.3 Å². The maximum absolute atomic E-state index is 13.3. The molecule has 1 unspecified atom stereocenters. The van der Waals surface area contributed by atoms with Crippen LogP contribution in [0.2, 0.25) is 0 Å². The number of benzene rings is 2. The highest BCUT2D eigenvalue weighted by Crippen LogP contribution is 2.22. The Labute approximate surface area is 122 Å². The molecule has 1 atom stereocenters. The topological polar surface area (TPSA) is 38.0 Å².